The third kappa shape index (κ3) is 4.76. The van der Waals surface area contributed by atoms with Crippen molar-refractivity contribution < 1.29 is 27.4 Å². The van der Waals surface area contributed by atoms with Gasteiger partial charge in [-0.3, -0.25) is 4.79 Å². The standard InChI is InChI=1S/C24H31NO6S/c1-6-30-21-13-18-10-11-25(32(27,28)23-9-8-16(3)12-17(23)4)20(15-24(26)29-5)19(18)14-22(21)31-7-2/h8-9,12-14,20H,6-7,10-11,15H2,1-5H3/t20-/m1/s1. The van der Waals surface area contributed by atoms with Crippen molar-refractivity contribution in [2.45, 2.75) is 51.5 Å². The van der Waals surface area contributed by atoms with Crippen molar-refractivity contribution in [2.75, 3.05) is 26.9 Å². The van der Waals surface area contributed by atoms with Gasteiger partial charge < -0.3 is 14.2 Å². The lowest BCUT2D eigenvalue weighted by Crippen LogP contribution is -2.41. The van der Waals surface area contributed by atoms with E-state index in [2.05, 4.69) is 0 Å². The zero-order chi connectivity index (χ0) is 23.5. The number of fused-ring (bicyclic) bond motifs is 1. The SMILES string of the molecule is CCOc1cc2c(cc1OCC)[C@@H](CC(=O)OC)N(S(=O)(=O)c1ccc(C)cc1C)CC2. The van der Waals surface area contributed by atoms with Crippen molar-refractivity contribution in [3.8, 4) is 11.5 Å². The third-order valence-electron chi connectivity index (χ3n) is 5.62. The molecule has 0 saturated heterocycles. The van der Waals surface area contributed by atoms with E-state index in [4.69, 9.17) is 14.2 Å². The van der Waals surface area contributed by atoms with Crippen molar-refractivity contribution in [1.82, 2.24) is 4.31 Å². The first-order valence-electron chi connectivity index (χ1n) is 10.8. The van der Waals surface area contributed by atoms with E-state index in [9.17, 15) is 13.2 Å². The molecule has 1 aliphatic heterocycles. The summed E-state index contributed by atoms with van der Waals surface area (Å²) in [6, 6.07) is 8.27. The number of hydrogen-bond acceptors (Lipinski definition) is 6. The van der Waals surface area contributed by atoms with Gasteiger partial charge >= 0.3 is 5.97 Å². The number of carbonyl (C=O) groups is 1. The van der Waals surface area contributed by atoms with E-state index in [0.717, 1.165) is 16.7 Å². The number of nitrogens with zero attached hydrogens (tertiary/aromatic N) is 1. The molecular formula is C24H31NO6S. The normalized spacial score (nSPS) is 16.3. The van der Waals surface area contributed by atoms with Crippen LogP contribution in [-0.2, 0) is 26.0 Å². The van der Waals surface area contributed by atoms with Gasteiger partial charge in [-0.05, 0) is 69.0 Å². The third-order valence-corrected chi connectivity index (χ3v) is 7.69. The Bertz CT molecular complexity index is 1100. The fraction of sp³-hybridized carbons (Fsp3) is 0.458. The van der Waals surface area contributed by atoms with Gasteiger partial charge in [-0.1, -0.05) is 17.7 Å². The minimum Gasteiger partial charge on any atom is -0.490 e. The van der Waals surface area contributed by atoms with E-state index >= 15 is 0 Å². The summed E-state index contributed by atoms with van der Waals surface area (Å²) < 4.78 is 45.2. The predicted molar refractivity (Wildman–Crippen MR) is 122 cm³/mol. The molecule has 2 aromatic rings. The molecule has 174 valence electrons. The van der Waals surface area contributed by atoms with Gasteiger partial charge in [-0.25, -0.2) is 8.42 Å². The first-order valence-corrected chi connectivity index (χ1v) is 12.2. The molecule has 1 atom stereocenters. The molecule has 0 spiro atoms. The Hall–Kier alpha value is -2.58. The lowest BCUT2D eigenvalue weighted by Gasteiger charge is -2.36. The molecular weight excluding hydrogens is 430 g/mol. The first-order chi connectivity index (χ1) is 15.2. The van der Waals surface area contributed by atoms with Crippen LogP contribution in [0, 0.1) is 13.8 Å². The Balaban J connectivity index is 2.13. The van der Waals surface area contributed by atoms with Crippen LogP contribution < -0.4 is 9.47 Å². The number of ether oxygens (including phenoxy) is 3. The van der Waals surface area contributed by atoms with Crippen molar-refractivity contribution >= 4 is 16.0 Å². The van der Waals surface area contributed by atoms with Gasteiger partial charge in [0.15, 0.2) is 11.5 Å². The fourth-order valence-corrected chi connectivity index (χ4v) is 5.99. The summed E-state index contributed by atoms with van der Waals surface area (Å²) >= 11 is 0. The maximum Gasteiger partial charge on any atom is 0.307 e. The van der Waals surface area contributed by atoms with Crippen molar-refractivity contribution in [3.63, 3.8) is 0 Å². The van der Waals surface area contributed by atoms with Crippen LogP contribution in [0.15, 0.2) is 35.2 Å². The Kier molecular flexibility index (Phi) is 7.46. The molecule has 0 aromatic heterocycles. The monoisotopic (exact) mass is 461 g/mol. The zero-order valence-corrected chi connectivity index (χ0v) is 20.1. The molecule has 2 aromatic carbocycles. The molecule has 32 heavy (non-hydrogen) atoms. The Morgan fingerprint density at radius 1 is 1.06 bits per heavy atom. The van der Waals surface area contributed by atoms with Gasteiger partial charge in [-0.15, -0.1) is 0 Å². The van der Waals surface area contributed by atoms with Crippen molar-refractivity contribution in [3.05, 3.63) is 52.6 Å². The molecule has 0 unspecified atom stereocenters. The molecule has 0 fully saturated rings. The number of methoxy groups -OCH3 is 1. The fourth-order valence-electron chi connectivity index (χ4n) is 4.18. The second-order valence-corrected chi connectivity index (χ2v) is 9.65. The molecule has 3 rings (SSSR count). The summed E-state index contributed by atoms with van der Waals surface area (Å²) in [6.07, 6.45) is 0.414. The van der Waals surface area contributed by atoms with Crippen LogP contribution in [0.4, 0.5) is 0 Å². The molecule has 0 saturated carbocycles. The molecule has 0 N–H and O–H groups in total. The van der Waals surface area contributed by atoms with Crippen LogP contribution in [-0.4, -0.2) is 45.6 Å². The molecule has 7 nitrogen and oxygen atoms in total. The summed E-state index contributed by atoms with van der Waals surface area (Å²) in [5, 5.41) is 0. The number of hydrogen-bond donors (Lipinski definition) is 0. The molecule has 0 amide bonds. The number of sulfonamides is 1. The molecule has 0 radical (unpaired) electrons. The second kappa shape index (κ2) is 9.92. The zero-order valence-electron chi connectivity index (χ0n) is 19.3. The number of benzene rings is 2. The minimum absolute atomic E-state index is 0.0901. The topological polar surface area (TPSA) is 82.1 Å². The quantitative estimate of drug-likeness (QED) is 0.554. The summed E-state index contributed by atoms with van der Waals surface area (Å²) in [5.74, 6) is 0.680. The van der Waals surface area contributed by atoms with Crippen LogP contribution in [0.5, 0.6) is 11.5 Å². The van der Waals surface area contributed by atoms with Crippen molar-refractivity contribution in [1.29, 1.82) is 0 Å². The number of carbonyl (C=O) groups excluding carboxylic acids is 1. The minimum atomic E-state index is -3.85. The van der Waals surface area contributed by atoms with Gasteiger partial charge in [0.2, 0.25) is 10.0 Å². The van der Waals surface area contributed by atoms with E-state index < -0.39 is 22.0 Å². The summed E-state index contributed by atoms with van der Waals surface area (Å²) in [5.41, 5.74) is 3.34. The Labute approximate surface area is 190 Å². The van der Waals surface area contributed by atoms with Crippen LogP contribution >= 0.6 is 0 Å². The van der Waals surface area contributed by atoms with E-state index in [-0.39, 0.29) is 17.9 Å². The molecule has 1 aliphatic rings. The van der Waals surface area contributed by atoms with Crippen LogP contribution in [0.25, 0.3) is 0 Å². The van der Waals surface area contributed by atoms with Crippen molar-refractivity contribution in [2.24, 2.45) is 0 Å². The first kappa shape index (κ1) is 24.1. The summed E-state index contributed by atoms with van der Waals surface area (Å²) in [7, 11) is -2.54. The molecule has 0 bridgehead atoms. The van der Waals surface area contributed by atoms with Gasteiger partial charge in [0, 0.05) is 6.54 Å². The second-order valence-electron chi connectivity index (χ2n) is 7.79. The maximum atomic E-state index is 13.7. The van der Waals surface area contributed by atoms with Crippen LogP contribution in [0.2, 0.25) is 0 Å². The number of rotatable bonds is 8. The van der Waals surface area contributed by atoms with Gasteiger partial charge in [-0.2, -0.15) is 4.31 Å². The van der Waals surface area contributed by atoms with Crippen LogP contribution in [0.1, 0.15) is 48.6 Å². The molecule has 0 aliphatic carbocycles. The Morgan fingerprint density at radius 3 is 2.31 bits per heavy atom. The van der Waals surface area contributed by atoms with Gasteiger partial charge in [0.05, 0.1) is 37.7 Å². The maximum absolute atomic E-state index is 13.7. The average Bonchev–Trinajstić information content (AvgIpc) is 2.74. The van der Waals surface area contributed by atoms with E-state index in [0.29, 0.717) is 36.7 Å². The predicted octanol–water partition coefficient (Wildman–Crippen LogP) is 3.95. The smallest absolute Gasteiger partial charge is 0.307 e. The van der Waals surface area contributed by atoms with E-state index in [1.165, 1.54) is 11.4 Å². The van der Waals surface area contributed by atoms with Gasteiger partial charge in [0.1, 0.15) is 0 Å². The largest absolute Gasteiger partial charge is 0.490 e. The lowest BCUT2D eigenvalue weighted by atomic mass is 9.91. The molecule has 1 heterocycles. The average molecular weight is 462 g/mol. The van der Waals surface area contributed by atoms with E-state index in [1.54, 1.807) is 25.1 Å². The lowest BCUT2D eigenvalue weighted by molar-refractivity contribution is -0.141. The summed E-state index contributed by atoms with van der Waals surface area (Å²) in [6.45, 7) is 8.65. The van der Waals surface area contributed by atoms with E-state index in [1.807, 2.05) is 32.9 Å². The number of esters is 1. The molecule has 8 heteroatoms. The van der Waals surface area contributed by atoms with Gasteiger partial charge in [0.25, 0.3) is 0 Å². The van der Waals surface area contributed by atoms with Crippen LogP contribution in [0.3, 0.4) is 0 Å². The Morgan fingerprint density at radius 2 is 1.72 bits per heavy atom. The number of aryl methyl sites for hydroxylation is 2. The highest BCUT2D eigenvalue weighted by Gasteiger charge is 2.39. The highest BCUT2D eigenvalue weighted by Crippen LogP contribution is 2.42. The summed E-state index contributed by atoms with van der Waals surface area (Å²) in [4.78, 5) is 12.5. The highest BCUT2D eigenvalue weighted by atomic mass is 32.2. The highest BCUT2D eigenvalue weighted by molar-refractivity contribution is 7.89.